The van der Waals surface area contributed by atoms with Crippen LogP contribution in [0, 0.1) is 11.7 Å². The number of hydrogen-bond donors (Lipinski definition) is 3. The van der Waals surface area contributed by atoms with E-state index < -0.39 is 0 Å². The fraction of sp³-hybridized carbons (Fsp3) is 0.391. The highest BCUT2D eigenvalue weighted by atomic mass is 35.5. The van der Waals surface area contributed by atoms with Crippen LogP contribution in [0.25, 0.3) is 0 Å². The number of nitrogens with one attached hydrogen (secondary N) is 3. The van der Waals surface area contributed by atoms with Crippen LogP contribution in [-0.2, 0) is 11.3 Å². The average molecular weight is 432 g/mol. The second-order valence-electron chi connectivity index (χ2n) is 7.99. The molecule has 30 heavy (non-hydrogen) atoms. The molecule has 2 aromatic carbocycles. The molecular formula is C23H27ClFN3O2. The summed E-state index contributed by atoms with van der Waals surface area (Å²) in [6.07, 6.45) is 5.83. The fourth-order valence-corrected chi connectivity index (χ4v) is 4.40. The highest BCUT2D eigenvalue weighted by Gasteiger charge is 2.37. The smallest absolute Gasteiger partial charge is 0.255 e. The molecular weight excluding hydrogens is 405 g/mol. The normalized spacial score (nSPS) is 22.5. The van der Waals surface area contributed by atoms with E-state index in [0.717, 1.165) is 12.0 Å². The zero-order chi connectivity index (χ0) is 20.2. The Morgan fingerprint density at radius 3 is 2.60 bits per heavy atom. The number of anilines is 1. The van der Waals surface area contributed by atoms with Gasteiger partial charge < -0.3 is 16.0 Å². The molecule has 3 atom stereocenters. The van der Waals surface area contributed by atoms with E-state index in [-0.39, 0.29) is 36.1 Å². The zero-order valence-electron chi connectivity index (χ0n) is 16.7. The minimum Gasteiger partial charge on any atom is -0.351 e. The van der Waals surface area contributed by atoms with Gasteiger partial charge in [0, 0.05) is 23.8 Å². The summed E-state index contributed by atoms with van der Waals surface area (Å²) in [4.78, 5) is 24.9. The maximum atomic E-state index is 13.0. The first-order valence-electron chi connectivity index (χ1n) is 10.3. The lowest BCUT2D eigenvalue weighted by atomic mass is 9.85. The van der Waals surface area contributed by atoms with Crippen molar-refractivity contribution in [1.82, 2.24) is 10.6 Å². The molecule has 4 rings (SSSR count). The number of carbonyl (C=O) groups is 2. The minimum atomic E-state index is -0.379. The van der Waals surface area contributed by atoms with Crippen molar-refractivity contribution < 1.29 is 14.0 Å². The van der Waals surface area contributed by atoms with E-state index >= 15 is 0 Å². The second kappa shape index (κ2) is 10.0. The van der Waals surface area contributed by atoms with Crippen LogP contribution in [0.1, 0.15) is 48.0 Å². The van der Waals surface area contributed by atoms with E-state index in [2.05, 4.69) is 16.0 Å². The first-order valence-corrected chi connectivity index (χ1v) is 10.3. The lowest BCUT2D eigenvalue weighted by Gasteiger charge is -2.24. The number of benzene rings is 2. The highest BCUT2D eigenvalue weighted by molar-refractivity contribution is 6.04. The van der Waals surface area contributed by atoms with E-state index in [1.165, 1.54) is 49.9 Å². The molecule has 0 spiro atoms. The van der Waals surface area contributed by atoms with Gasteiger partial charge in [-0.1, -0.05) is 25.0 Å². The van der Waals surface area contributed by atoms with Crippen LogP contribution in [0.4, 0.5) is 10.1 Å². The van der Waals surface area contributed by atoms with Gasteiger partial charge in [0.15, 0.2) is 0 Å². The molecule has 5 nitrogen and oxygen atoms in total. The molecule has 1 saturated heterocycles. The maximum Gasteiger partial charge on any atom is 0.255 e. The Labute approximate surface area is 182 Å². The van der Waals surface area contributed by atoms with Gasteiger partial charge >= 0.3 is 0 Å². The standard InChI is InChI=1S/C23H26FN3O2.ClH/c24-18-10-8-16(9-11-18)22(28)26-19-6-3-4-15(12-19)14-25-23(29)21-13-17-5-1-2-7-20(17)27-21;/h3-4,6,8-12,17,20-21,27H,1-2,5,7,13-14H2,(H,25,29)(H,26,28);1H. The van der Waals surface area contributed by atoms with Gasteiger partial charge in [-0.25, -0.2) is 4.39 Å². The summed E-state index contributed by atoms with van der Waals surface area (Å²) in [7, 11) is 0. The van der Waals surface area contributed by atoms with Gasteiger partial charge in [-0.05, 0) is 67.1 Å². The fourth-order valence-electron chi connectivity index (χ4n) is 4.40. The first kappa shape index (κ1) is 22.2. The SMILES string of the molecule is Cl.O=C(Nc1cccc(CNC(=O)C2CC3CCCCC3N2)c1)c1ccc(F)cc1. The Bertz CT molecular complexity index is 876. The Balaban J connectivity index is 0.00000256. The average Bonchev–Trinajstić information content (AvgIpc) is 3.17. The molecule has 0 aromatic heterocycles. The Morgan fingerprint density at radius 2 is 1.83 bits per heavy atom. The van der Waals surface area contributed by atoms with Crippen molar-refractivity contribution >= 4 is 29.9 Å². The molecule has 1 heterocycles. The van der Waals surface area contributed by atoms with E-state index in [1.54, 1.807) is 6.07 Å². The van der Waals surface area contributed by atoms with Gasteiger partial charge in [-0.2, -0.15) is 0 Å². The van der Waals surface area contributed by atoms with Crippen LogP contribution in [0.5, 0.6) is 0 Å². The third kappa shape index (κ3) is 5.37. The summed E-state index contributed by atoms with van der Waals surface area (Å²) in [5.74, 6) is -0.0103. The van der Waals surface area contributed by atoms with E-state index in [0.29, 0.717) is 29.8 Å². The number of carbonyl (C=O) groups excluding carboxylic acids is 2. The molecule has 2 aromatic rings. The van der Waals surface area contributed by atoms with Crippen molar-refractivity contribution in [2.24, 2.45) is 5.92 Å². The third-order valence-electron chi connectivity index (χ3n) is 5.94. The number of fused-ring (bicyclic) bond motifs is 1. The van der Waals surface area contributed by atoms with E-state index in [4.69, 9.17) is 0 Å². The van der Waals surface area contributed by atoms with Crippen molar-refractivity contribution in [3.63, 3.8) is 0 Å². The van der Waals surface area contributed by atoms with Crippen LogP contribution >= 0.6 is 12.4 Å². The Hall–Kier alpha value is -2.44. The van der Waals surface area contributed by atoms with Crippen molar-refractivity contribution in [2.45, 2.75) is 50.7 Å². The Kier molecular flexibility index (Phi) is 7.45. The van der Waals surface area contributed by atoms with Crippen molar-refractivity contribution in [3.05, 3.63) is 65.5 Å². The highest BCUT2D eigenvalue weighted by Crippen LogP contribution is 2.33. The summed E-state index contributed by atoms with van der Waals surface area (Å²) in [6.45, 7) is 0.409. The van der Waals surface area contributed by atoms with Gasteiger partial charge in [0.25, 0.3) is 5.91 Å². The van der Waals surface area contributed by atoms with E-state index in [1.807, 2.05) is 18.2 Å². The van der Waals surface area contributed by atoms with E-state index in [9.17, 15) is 14.0 Å². The molecule has 1 aliphatic heterocycles. The second-order valence-corrected chi connectivity index (χ2v) is 7.99. The molecule has 3 N–H and O–H groups in total. The van der Waals surface area contributed by atoms with Gasteiger partial charge in [0.05, 0.1) is 6.04 Å². The summed E-state index contributed by atoms with van der Waals surface area (Å²) >= 11 is 0. The predicted molar refractivity (Wildman–Crippen MR) is 117 cm³/mol. The summed E-state index contributed by atoms with van der Waals surface area (Å²) < 4.78 is 13.0. The number of rotatable bonds is 5. The van der Waals surface area contributed by atoms with Gasteiger partial charge in [0.1, 0.15) is 5.82 Å². The molecule has 0 radical (unpaired) electrons. The molecule has 2 aliphatic rings. The van der Waals surface area contributed by atoms with Crippen LogP contribution in [0.2, 0.25) is 0 Å². The molecule has 1 saturated carbocycles. The molecule has 0 bridgehead atoms. The molecule has 3 unspecified atom stereocenters. The monoisotopic (exact) mass is 431 g/mol. The third-order valence-corrected chi connectivity index (χ3v) is 5.94. The molecule has 2 amide bonds. The van der Waals surface area contributed by atoms with Crippen molar-refractivity contribution in [1.29, 1.82) is 0 Å². The minimum absolute atomic E-state index is 0. The summed E-state index contributed by atoms with van der Waals surface area (Å²) in [5, 5.41) is 9.31. The van der Waals surface area contributed by atoms with Gasteiger partial charge in [-0.15, -0.1) is 12.4 Å². The van der Waals surface area contributed by atoms with Gasteiger partial charge in [-0.3, -0.25) is 9.59 Å². The van der Waals surface area contributed by atoms with Crippen molar-refractivity contribution in [2.75, 3.05) is 5.32 Å². The summed E-state index contributed by atoms with van der Waals surface area (Å²) in [6, 6.07) is 13.2. The molecule has 2 fully saturated rings. The zero-order valence-corrected chi connectivity index (χ0v) is 17.5. The van der Waals surface area contributed by atoms with Crippen LogP contribution in [-0.4, -0.2) is 23.9 Å². The van der Waals surface area contributed by atoms with Crippen LogP contribution in [0.3, 0.4) is 0 Å². The van der Waals surface area contributed by atoms with Gasteiger partial charge in [0.2, 0.25) is 5.91 Å². The maximum absolute atomic E-state index is 13.0. The summed E-state index contributed by atoms with van der Waals surface area (Å²) in [5.41, 5.74) is 1.93. The largest absolute Gasteiger partial charge is 0.351 e. The van der Waals surface area contributed by atoms with Crippen LogP contribution < -0.4 is 16.0 Å². The first-order chi connectivity index (χ1) is 14.1. The molecule has 1 aliphatic carbocycles. The quantitative estimate of drug-likeness (QED) is 0.669. The van der Waals surface area contributed by atoms with Crippen molar-refractivity contribution in [3.8, 4) is 0 Å². The lowest BCUT2D eigenvalue weighted by Crippen LogP contribution is -2.42. The predicted octanol–water partition coefficient (Wildman–Crippen LogP) is 4.04. The lowest BCUT2D eigenvalue weighted by molar-refractivity contribution is -0.123. The number of hydrogen-bond acceptors (Lipinski definition) is 3. The topological polar surface area (TPSA) is 70.2 Å². The molecule has 160 valence electrons. The number of halogens is 2. The Morgan fingerprint density at radius 1 is 1.07 bits per heavy atom. The van der Waals surface area contributed by atoms with Crippen LogP contribution in [0.15, 0.2) is 48.5 Å². The molecule has 7 heteroatoms. The number of amides is 2.